The molecule has 1 aromatic rings. The fraction of sp³-hybridized carbons (Fsp3) is 0.222. The number of hydrogen-bond donors (Lipinski definition) is 0. The van der Waals surface area contributed by atoms with Crippen LogP contribution in [-0.4, -0.2) is 11.4 Å². The van der Waals surface area contributed by atoms with Gasteiger partial charge in [-0.2, -0.15) is 17.5 Å². The smallest absolute Gasteiger partial charge is 0.272 e. The van der Waals surface area contributed by atoms with Crippen LogP contribution in [-0.2, 0) is 15.5 Å². The molecule has 0 bridgehead atoms. The van der Waals surface area contributed by atoms with Crippen molar-refractivity contribution in [1.82, 2.24) is 0 Å². The van der Waals surface area contributed by atoms with E-state index in [0.29, 0.717) is 0 Å². The molecule has 15 heavy (non-hydrogen) atoms. The minimum absolute atomic E-state index is 0.000185. The summed E-state index contributed by atoms with van der Waals surface area (Å²) in [4.78, 5) is 10.6. The number of amides is 1. The summed E-state index contributed by atoms with van der Waals surface area (Å²) >= 11 is 0. The van der Waals surface area contributed by atoms with Crippen LogP contribution in [0.3, 0.4) is 0 Å². The van der Waals surface area contributed by atoms with Crippen molar-refractivity contribution in [2.75, 3.05) is 0 Å². The van der Waals surface area contributed by atoms with Gasteiger partial charge in [0.1, 0.15) is 0 Å². The van der Waals surface area contributed by atoms with Gasteiger partial charge in [-0.1, -0.05) is 18.2 Å². The monoisotopic (exact) mass is 235 g/mol. The van der Waals surface area contributed by atoms with E-state index in [1.807, 2.05) is 0 Å². The summed E-state index contributed by atoms with van der Waals surface area (Å²) in [6.07, 6.45) is 0. The van der Waals surface area contributed by atoms with Gasteiger partial charge in [0, 0.05) is 22.5 Å². The van der Waals surface area contributed by atoms with Gasteiger partial charge < -0.3 is 0 Å². The van der Waals surface area contributed by atoms with Gasteiger partial charge in [-0.25, -0.2) is 0 Å². The standard InChI is InChI=1S/C9H8F3NOS/c1-7(14)13-15(9(10,11)12)8-5-3-2-4-6-8/h2-6H,1H3. The number of hydrogen-bond acceptors (Lipinski definition) is 1. The zero-order valence-corrected chi connectivity index (χ0v) is 8.60. The predicted octanol–water partition coefficient (Wildman–Crippen LogP) is 2.91. The molecule has 0 aliphatic heterocycles. The highest BCUT2D eigenvalue weighted by Crippen LogP contribution is 2.28. The Morgan fingerprint density at radius 3 is 2.20 bits per heavy atom. The molecule has 0 aliphatic rings. The van der Waals surface area contributed by atoms with Crippen LogP contribution >= 0.6 is 0 Å². The maximum absolute atomic E-state index is 12.5. The highest BCUT2D eigenvalue weighted by atomic mass is 32.2. The molecule has 0 aliphatic carbocycles. The normalized spacial score (nSPS) is 13.9. The van der Waals surface area contributed by atoms with Gasteiger partial charge in [-0.15, -0.1) is 0 Å². The molecule has 0 radical (unpaired) electrons. The molecule has 1 atom stereocenters. The molecule has 2 nitrogen and oxygen atoms in total. The Hall–Kier alpha value is -1.17. The average Bonchev–Trinajstić information content (AvgIpc) is 2.14. The summed E-state index contributed by atoms with van der Waals surface area (Å²) in [6, 6.07) is 7.19. The van der Waals surface area contributed by atoms with Crippen molar-refractivity contribution in [3.8, 4) is 0 Å². The molecule has 0 aromatic heterocycles. The van der Waals surface area contributed by atoms with Gasteiger partial charge in [0.25, 0.3) is 0 Å². The quantitative estimate of drug-likeness (QED) is 0.735. The molecule has 6 heteroatoms. The van der Waals surface area contributed by atoms with E-state index in [-0.39, 0.29) is 4.90 Å². The van der Waals surface area contributed by atoms with Crippen molar-refractivity contribution in [2.24, 2.45) is 4.36 Å². The molecule has 0 N–H and O–H groups in total. The lowest BCUT2D eigenvalue weighted by Gasteiger charge is -2.10. The van der Waals surface area contributed by atoms with Crippen LogP contribution in [0.15, 0.2) is 39.6 Å². The van der Waals surface area contributed by atoms with Gasteiger partial charge in [-0.3, -0.25) is 4.79 Å². The minimum Gasteiger partial charge on any atom is -0.272 e. The zero-order chi connectivity index (χ0) is 11.5. The SMILES string of the molecule is CC(=O)N=S(c1ccccc1)C(F)(F)F. The van der Waals surface area contributed by atoms with Crippen LogP contribution < -0.4 is 0 Å². The van der Waals surface area contributed by atoms with Crippen molar-refractivity contribution >= 4 is 16.6 Å². The Balaban J connectivity index is 3.20. The number of benzene rings is 1. The van der Waals surface area contributed by atoms with Crippen LogP contribution in [0.2, 0.25) is 0 Å². The fourth-order valence-electron chi connectivity index (χ4n) is 0.916. The lowest BCUT2D eigenvalue weighted by Crippen LogP contribution is -2.17. The van der Waals surface area contributed by atoms with E-state index in [1.54, 1.807) is 6.07 Å². The molecule has 0 spiro atoms. The number of halogens is 3. The summed E-state index contributed by atoms with van der Waals surface area (Å²) < 4.78 is 40.7. The number of carbonyl (C=O) groups is 1. The van der Waals surface area contributed by atoms with Crippen LogP contribution in [0.1, 0.15) is 6.92 Å². The fourth-order valence-corrected chi connectivity index (χ4v) is 2.06. The average molecular weight is 235 g/mol. The van der Waals surface area contributed by atoms with E-state index in [0.717, 1.165) is 6.92 Å². The minimum atomic E-state index is -4.51. The molecule has 1 rings (SSSR count). The molecule has 0 heterocycles. The summed E-state index contributed by atoms with van der Waals surface area (Å²) in [6.45, 7) is 1.01. The lowest BCUT2D eigenvalue weighted by molar-refractivity contribution is -0.115. The Bertz CT molecular complexity index is 386. The van der Waals surface area contributed by atoms with E-state index in [1.165, 1.54) is 24.3 Å². The Morgan fingerprint density at radius 2 is 1.80 bits per heavy atom. The topological polar surface area (TPSA) is 29.4 Å². The molecule has 0 fully saturated rings. The van der Waals surface area contributed by atoms with Gasteiger partial charge in [-0.05, 0) is 12.1 Å². The third-order valence-electron chi connectivity index (χ3n) is 1.41. The lowest BCUT2D eigenvalue weighted by atomic mass is 10.4. The summed E-state index contributed by atoms with van der Waals surface area (Å²) in [5.41, 5.74) is -4.51. The second-order valence-electron chi connectivity index (χ2n) is 2.65. The first-order chi connectivity index (χ1) is 6.91. The van der Waals surface area contributed by atoms with E-state index >= 15 is 0 Å². The van der Waals surface area contributed by atoms with Gasteiger partial charge in [0.15, 0.2) is 0 Å². The third-order valence-corrected chi connectivity index (χ3v) is 3.00. The predicted molar refractivity (Wildman–Crippen MR) is 51.2 cm³/mol. The van der Waals surface area contributed by atoms with E-state index in [2.05, 4.69) is 4.36 Å². The van der Waals surface area contributed by atoms with Crippen molar-refractivity contribution in [2.45, 2.75) is 17.3 Å². The Kier molecular flexibility index (Phi) is 3.62. The van der Waals surface area contributed by atoms with Crippen molar-refractivity contribution in [3.63, 3.8) is 0 Å². The Morgan fingerprint density at radius 1 is 1.27 bits per heavy atom. The van der Waals surface area contributed by atoms with Crippen LogP contribution in [0.5, 0.6) is 0 Å². The van der Waals surface area contributed by atoms with Gasteiger partial charge >= 0.3 is 5.51 Å². The van der Waals surface area contributed by atoms with Crippen LogP contribution in [0.25, 0.3) is 0 Å². The number of carbonyl (C=O) groups excluding carboxylic acids is 1. The van der Waals surface area contributed by atoms with Crippen LogP contribution in [0.4, 0.5) is 13.2 Å². The molecule has 82 valence electrons. The second-order valence-corrected chi connectivity index (χ2v) is 4.34. The first kappa shape index (κ1) is 11.9. The third kappa shape index (κ3) is 3.47. The van der Waals surface area contributed by atoms with Crippen molar-refractivity contribution in [3.05, 3.63) is 30.3 Å². The molecule has 1 unspecified atom stereocenters. The molecule has 1 amide bonds. The molecular weight excluding hydrogens is 227 g/mol. The summed E-state index contributed by atoms with van der Waals surface area (Å²) in [5, 5.41) is 0. The largest absolute Gasteiger partial charge is 0.457 e. The first-order valence-corrected chi connectivity index (χ1v) is 5.18. The molecular formula is C9H8F3NOS. The maximum atomic E-state index is 12.5. The van der Waals surface area contributed by atoms with Crippen molar-refractivity contribution < 1.29 is 18.0 Å². The highest BCUT2D eigenvalue weighted by Gasteiger charge is 2.35. The van der Waals surface area contributed by atoms with E-state index < -0.39 is 22.1 Å². The molecule has 0 saturated carbocycles. The van der Waals surface area contributed by atoms with E-state index in [4.69, 9.17) is 0 Å². The number of nitrogens with zero attached hydrogens (tertiary/aromatic N) is 1. The highest BCUT2D eigenvalue weighted by molar-refractivity contribution is 7.88. The van der Waals surface area contributed by atoms with Crippen LogP contribution in [0, 0.1) is 0 Å². The first-order valence-electron chi connectivity index (χ1n) is 4.00. The summed E-state index contributed by atoms with van der Waals surface area (Å²) in [5.74, 6) is -0.820. The maximum Gasteiger partial charge on any atom is 0.457 e. The summed E-state index contributed by atoms with van der Waals surface area (Å²) in [7, 11) is -2.36. The number of alkyl halides is 3. The van der Waals surface area contributed by atoms with Crippen molar-refractivity contribution in [1.29, 1.82) is 0 Å². The second kappa shape index (κ2) is 4.57. The zero-order valence-electron chi connectivity index (χ0n) is 7.78. The number of rotatable bonds is 1. The van der Waals surface area contributed by atoms with Gasteiger partial charge in [0.2, 0.25) is 5.91 Å². The Labute approximate surface area is 87.2 Å². The van der Waals surface area contributed by atoms with E-state index in [9.17, 15) is 18.0 Å². The molecule has 0 saturated heterocycles. The molecule has 1 aromatic carbocycles. The van der Waals surface area contributed by atoms with Gasteiger partial charge in [0.05, 0.1) is 0 Å².